The minimum Gasteiger partial charge on any atom is -0.398 e. The molecule has 0 unspecified atom stereocenters. The van der Waals surface area contributed by atoms with Crippen LogP contribution < -0.4 is 11.1 Å². The molecule has 64 valence electrons. The van der Waals surface area contributed by atoms with Gasteiger partial charge in [-0.15, -0.1) is 0 Å². The molecule has 0 saturated carbocycles. The molecule has 0 atom stereocenters. The summed E-state index contributed by atoms with van der Waals surface area (Å²) in [5.41, 5.74) is 6.71. The molecule has 0 heterocycles. The van der Waals surface area contributed by atoms with Crippen molar-refractivity contribution in [2.75, 3.05) is 12.8 Å². The molecule has 1 aromatic rings. The fraction of sp³-hybridized carbons (Fsp3) is 0.125. The van der Waals surface area contributed by atoms with Gasteiger partial charge >= 0.3 is 0 Å². The average molecular weight is 229 g/mol. The van der Waals surface area contributed by atoms with Crippen LogP contribution in [-0.4, -0.2) is 13.0 Å². The maximum Gasteiger partial charge on any atom is 0.252 e. The number of carbonyl (C=O) groups excluding carboxylic acids is 1. The van der Waals surface area contributed by atoms with E-state index in [1.165, 1.54) is 0 Å². The highest BCUT2D eigenvalue weighted by molar-refractivity contribution is 9.10. The molecule has 1 rings (SSSR count). The van der Waals surface area contributed by atoms with Gasteiger partial charge in [-0.05, 0) is 28.1 Å². The molecule has 0 bridgehead atoms. The van der Waals surface area contributed by atoms with Crippen LogP contribution >= 0.6 is 15.9 Å². The second-order valence-electron chi connectivity index (χ2n) is 2.29. The minimum atomic E-state index is -0.144. The van der Waals surface area contributed by atoms with Gasteiger partial charge in [-0.3, -0.25) is 4.79 Å². The summed E-state index contributed by atoms with van der Waals surface area (Å²) < 4.78 is 0.643. The van der Waals surface area contributed by atoms with E-state index >= 15 is 0 Å². The van der Waals surface area contributed by atoms with Gasteiger partial charge in [0.15, 0.2) is 0 Å². The number of amides is 1. The number of anilines is 1. The lowest BCUT2D eigenvalue weighted by Gasteiger charge is -2.04. The Balaban J connectivity index is 3.16. The zero-order chi connectivity index (χ0) is 9.14. The van der Waals surface area contributed by atoms with Crippen molar-refractivity contribution < 1.29 is 4.79 Å². The maximum absolute atomic E-state index is 11.2. The van der Waals surface area contributed by atoms with Crippen LogP contribution in [0.25, 0.3) is 0 Å². The van der Waals surface area contributed by atoms with Crippen molar-refractivity contribution >= 4 is 27.5 Å². The molecule has 1 aromatic carbocycles. The van der Waals surface area contributed by atoms with Gasteiger partial charge in [-0.1, -0.05) is 6.07 Å². The Morgan fingerprint density at radius 3 is 2.83 bits per heavy atom. The number of nitrogen functional groups attached to an aromatic ring is 1. The molecule has 0 radical (unpaired) electrons. The number of nitrogens with two attached hydrogens (primary N) is 1. The molecule has 12 heavy (non-hydrogen) atoms. The zero-order valence-corrected chi connectivity index (χ0v) is 8.18. The highest BCUT2D eigenvalue weighted by Crippen LogP contribution is 2.23. The van der Waals surface area contributed by atoms with Gasteiger partial charge in [0.05, 0.1) is 10.0 Å². The Labute approximate surface area is 79.1 Å². The quantitative estimate of drug-likeness (QED) is 0.715. The normalized spacial score (nSPS) is 9.50. The van der Waals surface area contributed by atoms with E-state index in [9.17, 15) is 4.79 Å². The Kier molecular flexibility index (Phi) is 2.70. The second kappa shape index (κ2) is 3.58. The molecule has 0 aliphatic carbocycles. The Morgan fingerprint density at radius 2 is 2.25 bits per heavy atom. The standard InChI is InChI=1S/C8H9BrN2O/c1-11-8(12)5-3-2-4-6(10)7(5)9/h2-4H,10H2,1H3,(H,11,12). The summed E-state index contributed by atoms with van der Waals surface area (Å²) in [5, 5.41) is 2.52. The van der Waals surface area contributed by atoms with Gasteiger partial charge < -0.3 is 11.1 Å². The van der Waals surface area contributed by atoms with E-state index in [-0.39, 0.29) is 5.91 Å². The number of carbonyl (C=O) groups is 1. The van der Waals surface area contributed by atoms with E-state index in [1.807, 2.05) is 0 Å². The van der Waals surface area contributed by atoms with Gasteiger partial charge in [0.1, 0.15) is 0 Å². The lowest BCUT2D eigenvalue weighted by atomic mass is 10.2. The molecule has 1 amide bonds. The first-order valence-corrected chi connectivity index (χ1v) is 4.22. The summed E-state index contributed by atoms with van der Waals surface area (Å²) in [6.45, 7) is 0. The SMILES string of the molecule is CNC(=O)c1cccc(N)c1Br. The van der Waals surface area contributed by atoms with E-state index in [0.29, 0.717) is 15.7 Å². The fourth-order valence-electron chi connectivity index (χ4n) is 0.860. The minimum absolute atomic E-state index is 0.144. The molecule has 0 aliphatic rings. The van der Waals surface area contributed by atoms with Crippen LogP contribution in [0.3, 0.4) is 0 Å². The third-order valence-electron chi connectivity index (χ3n) is 1.50. The first-order chi connectivity index (χ1) is 5.66. The van der Waals surface area contributed by atoms with Gasteiger partial charge in [-0.2, -0.15) is 0 Å². The second-order valence-corrected chi connectivity index (χ2v) is 3.08. The number of benzene rings is 1. The van der Waals surface area contributed by atoms with Gasteiger partial charge in [0.2, 0.25) is 0 Å². The predicted octanol–water partition coefficient (Wildman–Crippen LogP) is 1.39. The fourth-order valence-corrected chi connectivity index (χ4v) is 1.30. The number of rotatable bonds is 1. The average Bonchev–Trinajstić information content (AvgIpc) is 2.08. The molecule has 0 saturated heterocycles. The molecule has 0 fully saturated rings. The van der Waals surface area contributed by atoms with Crippen molar-refractivity contribution in [3.63, 3.8) is 0 Å². The third-order valence-corrected chi connectivity index (χ3v) is 2.39. The molecule has 3 nitrogen and oxygen atoms in total. The van der Waals surface area contributed by atoms with Gasteiger partial charge in [0, 0.05) is 12.7 Å². The van der Waals surface area contributed by atoms with E-state index in [2.05, 4.69) is 21.2 Å². The Hall–Kier alpha value is -1.03. The summed E-state index contributed by atoms with van der Waals surface area (Å²) >= 11 is 3.24. The number of hydrogen-bond acceptors (Lipinski definition) is 2. The van der Waals surface area contributed by atoms with E-state index in [4.69, 9.17) is 5.73 Å². The van der Waals surface area contributed by atoms with Gasteiger partial charge in [0.25, 0.3) is 5.91 Å². The Morgan fingerprint density at radius 1 is 1.58 bits per heavy atom. The first kappa shape index (κ1) is 9.06. The largest absolute Gasteiger partial charge is 0.398 e. The highest BCUT2D eigenvalue weighted by Gasteiger charge is 2.08. The van der Waals surface area contributed by atoms with Crippen LogP contribution in [0.5, 0.6) is 0 Å². The first-order valence-electron chi connectivity index (χ1n) is 3.43. The summed E-state index contributed by atoms with van der Waals surface area (Å²) in [5.74, 6) is -0.144. The molecular formula is C8H9BrN2O. The summed E-state index contributed by atoms with van der Waals surface area (Å²) in [7, 11) is 1.58. The van der Waals surface area contributed by atoms with Crippen LogP contribution in [-0.2, 0) is 0 Å². The molecular weight excluding hydrogens is 220 g/mol. The Bertz CT molecular complexity index is 312. The van der Waals surface area contributed by atoms with Crippen LogP contribution in [0.4, 0.5) is 5.69 Å². The smallest absolute Gasteiger partial charge is 0.252 e. The summed E-state index contributed by atoms with van der Waals surface area (Å²) in [6.07, 6.45) is 0. The molecule has 0 spiro atoms. The van der Waals surface area contributed by atoms with Crippen molar-refractivity contribution in [2.45, 2.75) is 0 Å². The van der Waals surface area contributed by atoms with Crippen LogP contribution in [0.2, 0.25) is 0 Å². The van der Waals surface area contributed by atoms with E-state index < -0.39 is 0 Å². The van der Waals surface area contributed by atoms with Crippen LogP contribution in [0.15, 0.2) is 22.7 Å². The third kappa shape index (κ3) is 1.58. The van der Waals surface area contributed by atoms with Crippen LogP contribution in [0.1, 0.15) is 10.4 Å². The van der Waals surface area contributed by atoms with Gasteiger partial charge in [-0.25, -0.2) is 0 Å². The predicted molar refractivity (Wildman–Crippen MR) is 51.9 cm³/mol. The van der Waals surface area contributed by atoms with Crippen molar-refractivity contribution in [2.24, 2.45) is 0 Å². The van der Waals surface area contributed by atoms with Crippen molar-refractivity contribution in [3.8, 4) is 0 Å². The number of halogens is 1. The molecule has 0 aromatic heterocycles. The molecule has 0 aliphatic heterocycles. The van der Waals surface area contributed by atoms with Crippen molar-refractivity contribution in [3.05, 3.63) is 28.2 Å². The topological polar surface area (TPSA) is 55.1 Å². The van der Waals surface area contributed by atoms with Crippen molar-refractivity contribution in [1.29, 1.82) is 0 Å². The lowest BCUT2D eigenvalue weighted by Crippen LogP contribution is -2.18. The zero-order valence-electron chi connectivity index (χ0n) is 6.60. The number of nitrogens with one attached hydrogen (secondary N) is 1. The molecule has 3 N–H and O–H groups in total. The highest BCUT2D eigenvalue weighted by atomic mass is 79.9. The van der Waals surface area contributed by atoms with E-state index in [0.717, 1.165) is 0 Å². The van der Waals surface area contributed by atoms with Crippen LogP contribution in [0, 0.1) is 0 Å². The van der Waals surface area contributed by atoms with Crippen molar-refractivity contribution in [1.82, 2.24) is 5.32 Å². The van der Waals surface area contributed by atoms with E-state index in [1.54, 1.807) is 25.2 Å². The lowest BCUT2D eigenvalue weighted by molar-refractivity contribution is 0.0962. The molecule has 4 heteroatoms. The summed E-state index contributed by atoms with van der Waals surface area (Å²) in [4.78, 5) is 11.2. The summed E-state index contributed by atoms with van der Waals surface area (Å²) in [6, 6.07) is 5.18. The monoisotopic (exact) mass is 228 g/mol. The maximum atomic E-state index is 11.2. The number of hydrogen-bond donors (Lipinski definition) is 2.